The van der Waals surface area contributed by atoms with E-state index in [0.717, 1.165) is 51.7 Å². The molecule has 0 spiro atoms. The number of aliphatic imine (C=N–C) groups is 1. The molecule has 1 aromatic rings. The van der Waals surface area contributed by atoms with Gasteiger partial charge in [-0.05, 0) is 30.7 Å². The number of benzene rings is 1. The minimum Gasteiger partial charge on any atom is -0.379 e. The number of ether oxygens (including phenoxy) is 2. The van der Waals surface area contributed by atoms with E-state index in [1.165, 1.54) is 12.0 Å². The standard InChI is InChI=1S/C19H31N3O2.HI/c1-16(17-8-4-3-5-9-17)14-22-19(20-2)21-11-7-12-23-15-18-10-6-13-24-18;/h3-5,8-9,16,18H,6-7,10-15H2,1-2H3,(H2,20,21,22);1H. The molecule has 5 nitrogen and oxygen atoms in total. The van der Waals surface area contributed by atoms with Crippen molar-refractivity contribution >= 4 is 29.9 Å². The van der Waals surface area contributed by atoms with E-state index in [0.29, 0.717) is 12.0 Å². The molecule has 0 aliphatic carbocycles. The van der Waals surface area contributed by atoms with Crippen LogP contribution in [0.2, 0.25) is 0 Å². The van der Waals surface area contributed by atoms with Crippen molar-refractivity contribution in [1.29, 1.82) is 0 Å². The number of nitrogens with zero attached hydrogens (tertiary/aromatic N) is 1. The molecular weight excluding hydrogens is 429 g/mol. The summed E-state index contributed by atoms with van der Waals surface area (Å²) in [4.78, 5) is 4.27. The highest BCUT2D eigenvalue weighted by Crippen LogP contribution is 2.13. The first kappa shape index (κ1) is 22.2. The number of halogens is 1. The van der Waals surface area contributed by atoms with Crippen LogP contribution in [0.25, 0.3) is 0 Å². The third-order valence-electron chi connectivity index (χ3n) is 4.25. The van der Waals surface area contributed by atoms with Gasteiger partial charge in [-0.15, -0.1) is 24.0 Å². The molecule has 142 valence electrons. The fourth-order valence-corrected chi connectivity index (χ4v) is 2.74. The minimum atomic E-state index is 0. The second-order valence-corrected chi connectivity index (χ2v) is 6.26. The molecule has 1 fully saturated rings. The van der Waals surface area contributed by atoms with Crippen molar-refractivity contribution < 1.29 is 9.47 Å². The Morgan fingerprint density at radius 1 is 1.32 bits per heavy atom. The largest absolute Gasteiger partial charge is 0.379 e. The lowest BCUT2D eigenvalue weighted by Gasteiger charge is -2.16. The molecule has 1 aliphatic rings. The van der Waals surface area contributed by atoms with Gasteiger partial charge in [0.25, 0.3) is 0 Å². The highest BCUT2D eigenvalue weighted by atomic mass is 127. The topological polar surface area (TPSA) is 54.9 Å². The van der Waals surface area contributed by atoms with Crippen molar-refractivity contribution in [3.63, 3.8) is 0 Å². The van der Waals surface area contributed by atoms with E-state index >= 15 is 0 Å². The Kier molecular flexibility index (Phi) is 11.9. The molecule has 0 radical (unpaired) electrons. The van der Waals surface area contributed by atoms with Gasteiger partial charge in [-0.3, -0.25) is 4.99 Å². The number of hydrogen-bond acceptors (Lipinski definition) is 3. The Labute approximate surface area is 169 Å². The van der Waals surface area contributed by atoms with E-state index < -0.39 is 0 Å². The van der Waals surface area contributed by atoms with Crippen LogP contribution in [0, 0.1) is 0 Å². The summed E-state index contributed by atoms with van der Waals surface area (Å²) in [6.45, 7) is 6.30. The van der Waals surface area contributed by atoms with Gasteiger partial charge in [-0.2, -0.15) is 0 Å². The van der Waals surface area contributed by atoms with Crippen molar-refractivity contribution in [2.75, 3.05) is 40.0 Å². The summed E-state index contributed by atoms with van der Waals surface area (Å²) in [5.41, 5.74) is 1.34. The Hall–Kier alpha value is -0.860. The van der Waals surface area contributed by atoms with Crippen LogP contribution in [-0.4, -0.2) is 52.0 Å². The van der Waals surface area contributed by atoms with Crippen molar-refractivity contribution in [1.82, 2.24) is 10.6 Å². The van der Waals surface area contributed by atoms with Gasteiger partial charge in [0.15, 0.2) is 5.96 Å². The monoisotopic (exact) mass is 461 g/mol. The van der Waals surface area contributed by atoms with Gasteiger partial charge < -0.3 is 20.1 Å². The number of hydrogen-bond donors (Lipinski definition) is 2. The van der Waals surface area contributed by atoms with Gasteiger partial charge in [0.2, 0.25) is 0 Å². The maximum Gasteiger partial charge on any atom is 0.190 e. The van der Waals surface area contributed by atoms with Crippen molar-refractivity contribution in [2.45, 2.75) is 38.2 Å². The van der Waals surface area contributed by atoms with E-state index in [1.54, 1.807) is 7.05 Å². The van der Waals surface area contributed by atoms with Gasteiger partial charge in [0.1, 0.15) is 0 Å². The quantitative estimate of drug-likeness (QED) is 0.257. The summed E-state index contributed by atoms with van der Waals surface area (Å²) in [5, 5.41) is 6.71. The van der Waals surface area contributed by atoms with Crippen LogP contribution in [0.3, 0.4) is 0 Å². The fraction of sp³-hybridized carbons (Fsp3) is 0.632. The van der Waals surface area contributed by atoms with Crippen molar-refractivity contribution in [3.05, 3.63) is 35.9 Å². The lowest BCUT2D eigenvalue weighted by Crippen LogP contribution is -2.39. The van der Waals surface area contributed by atoms with Crippen LogP contribution >= 0.6 is 24.0 Å². The van der Waals surface area contributed by atoms with E-state index in [4.69, 9.17) is 9.47 Å². The maximum atomic E-state index is 5.66. The summed E-state index contributed by atoms with van der Waals surface area (Å²) in [6.07, 6.45) is 3.57. The van der Waals surface area contributed by atoms with Crippen LogP contribution in [0.4, 0.5) is 0 Å². The zero-order valence-corrected chi connectivity index (χ0v) is 17.7. The first-order valence-electron chi connectivity index (χ1n) is 8.98. The number of guanidine groups is 1. The smallest absolute Gasteiger partial charge is 0.190 e. The highest BCUT2D eigenvalue weighted by molar-refractivity contribution is 14.0. The van der Waals surface area contributed by atoms with Gasteiger partial charge >= 0.3 is 0 Å². The zero-order chi connectivity index (χ0) is 17.0. The SMILES string of the molecule is CN=C(NCCCOCC1CCCO1)NCC(C)c1ccccc1.I. The molecule has 25 heavy (non-hydrogen) atoms. The highest BCUT2D eigenvalue weighted by Gasteiger charge is 2.14. The molecule has 0 saturated carbocycles. The predicted molar refractivity (Wildman–Crippen MR) is 114 cm³/mol. The molecule has 1 aromatic carbocycles. The van der Waals surface area contributed by atoms with Gasteiger partial charge in [-0.1, -0.05) is 37.3 Å². The molecule has 0 amide bonds. The minimum absolute atomic E-state index is 0. The van der Waals surface area contributed by atoms with E-state index in [-0.39, 0.29) is 24.0 Å². The van der Waals surface area contributed by atoms with Crippen molar-refractivity contribution in [2.24, 2.45) is 4.99 Å². The Morgan fingerprint density at radius 2 is 2.12 bits per heavy atom. The average Bonchev–Trinajstić information content (AvgIpc) is 3.14. The summed E-state index contributed by atoms with van der Waals surface area (Å²) >= 11 is 0. The van der Waals surface area contributed by atoms with Gasteiger partial charge in [-0.25, -0.2) is 0 Å². The molecular formula is C19H32IN3O2. The summed E-state index contributed by atoms with van der Waals surface area (Å²) < 4.78 is 11.2. The van der Waals surface area contributed by atoms with Gasteiger partial charge in [0, 0.05) is 33.4 Å². The van der Waals surface area contributed by atoms with Crippen molar-refractivity contribution in [3.8, 4) is 0 Å². The average molecular weight is 461 g/mol. The molecule has 0 bridgehead atoms. The molecule has 0 aromatic heterocycles. The molecule has 1 aliphatic heterocycles. The molecule has 2 unspecified atom stereocenters. The molecule has 1 saturated heterocycles. The molecule has 2 atom stereocenters. The van der Waals surface area contributed by atoms with Crippen LogP contribution in [0.15, 0.2) is 35.3 Å². The summed E-state index contributed by atoms with van der Waals surface area (Å²) in [7, 11) is 1.80. The second-order valence-electron chi connectivity index (χ2n) is 6.26. The van der Waals surface area contributed by atoms with E-state index in [2.05, 4.69) is 46.8 Å². The third-order valence-corrected chi connectivity index (χ3v) is 4.25. The van der Waals surface area contributed by atoms with Crippen LogP contribution in [0.1, 0.15) is 37.7 Å². The van der Waals surface area contributed by atoms with E-state index in [9.17, 15) is 0 Å². The maximum absolute atomic E-state index is 5.66. The molecule has 2 N–H and O–H groups in total. The molecule has 6 heteroatoms. The Bertz CT molecular complexity index is 479. The zero-order valence-electron chi connectivity index (χ0n) is 15.4. The Morgan fingerprint density at radius 3 is 2.80 bits per heavy atom. The lowest BCUT2D eigenvalue weighted by molar-refractivity contribution is 0.0168. The predicted octanol–water partition coefficient (Wildman–Crippen LogP) is 3.16. The van der Waals surface area contributed by atoms with Gasteiger partial charge in [0.05, 0.1) is 12.7 Å². The molecule has 2 rings (SSSR count). The first-order chi connectivity index (χ1) is 11.8. The Balaban J connectivity index is 0.00000312. The first-order valence-corrected chi connectivity index (χ1v) is 8.98. The fourth-order valence-electron chi connectivity index (χ4n) is 2.74. The number of rotatable bonds is 9. The van der Waals surface area contributed by atoms with E-state index in [1.807, 2.05) is 6.07 Å². The second kappa shape index (κ2) is 13.4. The summed E-state index contributed by atoms with van der Waals surface area (Å²) in [6, 6.07) is 10.5. The lowest BCUT2D eigenvalue weighted by atomic mass is 10.0. The normalized spacial score (nSPS) is 18.5. The van der Waals surface area contributed by atoms with Crippen LogP contribution in [-0.2, 0) is 9.47 Å². The van der Waals surface area contributed by atoms with Crippen LogP contribution in [0.5, 0.6) is 0 Å². The summed E-state index contributed by atoms with van der Waals surface area (Å²) in [5.74, 6) is 1.29. The third kappa shape index (κ3) is 8.87. The van der Waals surface area contributed by atoms with Crippen LogP contribution < -0.4 is 10.6 Å². The molecule has 1 heterocycles. The number of nitrogens with one attached hydrogen (secondary N) is 2.